The average molecular weight is 527 g/mol. The Morgan fingerprint density at radius 2 is 0.784 bits per heavy atom. The van der Waals surface area contributed by atoms with Crippen LogP contribution in [0.2, 0.25) is 0 Å². The highest BCUT2D eigenvalue weighted by Crippen LogP contribution is 2.36. The first-order valence-corrected chi connectivity index (χ1v) is 15.7. The third-order valence-corrected chi connectivity index (χ3v) is 8.43. The van der Waals surface area contributed by atoms with Crippen molar-refractivity contribution in [1.29, 1.82) is 0 Å². The molecule has 6 atom stereocenters. The second-order valence-electron chi connectivity index (χ2n) is 11.0. The first-order chi connectivity index (χ1) is 17.7. The van der Waals surface area contributed by atoms with Gasteiger partial charge in [-0.1, -0.05) is 107 Å². The molecule has 5 nitrogen and oxygen atoms in total. The zero-order chi connectivity index (χ0) is 28.4. The minimum Gasteiger partial charge on any atom is -0.459 e. The number of hydrogen-bond acceptors (Lipinski definition) is 5. The van der Waals surface area contributed by atoms with Gasteiger partial charge in [-0.25, -0.2) is 0 Å². The predicted octanol–water partition coefficient (Wildman–Crippen LogP) is 8.91. The van der Waals surface area contributed by atoms with E-state index in [-0.39, 0.29) is 60.0 Å². The molecule has 0 aliphatic heterocycles. The van der Waals surface area contributed by atoms with Gasteiger partial charge in [0, 0.05) is 13.8 Å². The number of carbonyl (C=O) groups is 2. The Bertz CT molecular complexity index is 534. The standard InChI is InChI=1S/C32H62O5/c1-11-19-21-27(17-7)31(35-23(9)33)29(25(13-3)14-4)37-30(26(15-5)16-6)32(36-24(10)34)28(18-8)22-20-12-2/h25-32H,11-22H2,1-10H3. The Morgan fingerprint density at radius 1 is 0.486 bits per heavy atom. The molecular formula is C32H62O5. The van der Waals surface area contributed by atoms with Gasteiger partial charge in [0.15, 0.2) is 0 Å². The Labute approximate surface area is 230 Å². The maximum absolute atomic E-state index is 12.4. The molecule has 0 heterocycles. The Morgan fingerprint density at radius 3 is 1.00 bits per heavy atom. The van der Waals surface area contributed by atoms with Crippen LogP contribution in [0.15, 0.2) is 0 Å². The topological polar surface area (TPSA) is 61.8 Å². The third kappa shape index (κ3) is 12.5. The van der Waals surface area contributed by atoms with Crippen molar-refractivity contribution < 1.29 is 23.8 Å². The number of rotatable bonds is 22. The van der Waals surface area contributed by atoms with E-state index in [0.717, 1.165) is 77.0 Å². The van der Waals surface area contributed by atoms with Gasteiger partial charge in [0.05, 0.1) is 12.2 Å². The molecule has 6 unspecified atom stereocenters. The molecule has 0 aromatic carbocycles. The lowest BCUT2D eigenvalue weighted by Gasteiger charge is -2.43. The van der Waals surface area contributed by atoms with Crippen LogP contribution in [0.5, 0.6) is 0 Å². The lowest BCUT2D eigenvalue weighted by molar-refractivity contribution is -0.202. The first kappa shape index (κ1) is 35.9. The summed E-state index contributed by atoms with van der Waals surface area (Å²) in [6.07, 6.45) is 11.1. The zero-order valence-electron chi connectivity index (χ0n) is 26.1. The van der Waals surface area contributed by atoms with Gasteiger partial charge in [0.2, 0.25) is 0 Å². The largest absolute Gasteiger partial charge is 0.459 e. The summed E-state index contributed by atoms with van der Waals surface area (Å²) >= 11 is 0. The van der Waals surface area contributed by atoms with E-state index in [0.29, 0.717) is 0 Å². The number of unbranched alkanes of at least 4 members (excludes halogenated alkanes) is 2. The minimum atomic E-state index is -0.301. The lowest BCUT2D eigenvalue weighted by atomic mass is 9.80. The third-order valence-electron chi connectivity index (χ3n) is 8.43. The van der Waals surface area contributed by atoms with E-state index in [2.05, 4.69) is 55.4 Å². The maximum atomic E-state index is 12.4. The van der Waals surface area contributed by atoms with E-state index < -0.39 is 0 Å². The van der Waals surface area contributed by atoms with Crippen molar-refractivity contribution in [3.05, 3.63) is 0 Å². The second kappa shape index (κ2) is 20.8. The quantitative estimate of drug-likeness (QED) is 0.132. The molecule has 0 aromatic rings. The second-order valence-corrected chi connectivity index (χ2v) is 11.0. The summed E-state index contributed by atoms with van der Waals surface area (Å²) in [6, 6.07) is 0. The minimum absolute atomic E-state index is 0.229. The van der Waals surface area contributed by atoms with E-state index in [1.165, 1.54) is 13.8 Å². The molecule has 37 heavy (non-hydrogen) atoms. The van der Waals surface area contributed by atoms with Crippen LogP contribution in [0.25, 0.3) is 0 Å². The normalized spacial score (nSPS) is 16.8. The molecule has 0 radical (unpaired) electrons. The molecule has 0 bridgehead atoms. The van der Waals surface area contributed by atoms with Crippen LogP contribution < -0.4 is 0 Å². The van der Waals surface area contributed by atoms with Crippen LogP contribution in [0.4, 0.5) is 0 Å². The van der Waals surface area contributed by atoms with Crippen molar-refractivity contribution in [3.63, 3.8) is 0 Å². The average Bonchev–Trinajstić information content (AvgIpc) is 2.87. The van der Waals surface area contributed by atoms with Gasteiger partial charge in [0.25, 0.3) is 0 Å². The lowest BCUT2D eigenvalue weighted by Crippen LogP contribution is -2.51. The fraction of sp³-hybridized carbons (Fsp3) is 0.938. The molecule has 0 rings (SSSR count). The summed E-state index contributed by atoms with van der Waals surface area (Å²) in [7, 11) is 0. The molecule has 0 saturated carbocycles. The Hall–Kier alpha value is -1.10. The summed E-state index contributed by atoms with van der Waals surface area (Å²) in [5, 5.41) is 0. The summed E-state index contributed by atoms with van der Waals surface area (Å²) in [5.41, 5.74) is 0. The number of ether oxygens (including phenoxy) is 3. The molecule has 0 aliphatic rings. The highest BCUT2D eigenvalue weighted by molar-refractivity contribution is 5.66. The smallest absolute Gasteiger partial charge is 0.303 e. The maximum Gasteiger partial charge on any atom is 0.303 e. The zero-order valence-corrected chi connectivity index (χ0v) is 26.1. The van der Waals surface area contributed by atoms with Crippen LogP contribution >= 0.6 is 0 Å². The van der Waals surface area contributed by atoms with Crippen LogP contribution in [-0.4, -0.2) is 36.4 Å². The van der Waals surface area contributed by atoms with Gasteiger partial charge >= 0.3 is 11.9 Å². The number of esters is 2. The number of hydrogen-bond donors (Lipinski definition) is 0. The molecule has 5 heteroatoms. The number of carbonyl (C=O) groups excluding carboxylic acids is 2. The Kier molecular flexibility index (Phi) is 20.2. The predicted molar refractivity (Wildman–Crippen MR) is 155 cm³/mol. The van der Waals surface area contributed by atoms with E-state index in [1.807, 2.05) is 0 Å². The summed E-state index contributed by atoms with van der Waals surface area (Å²) < 4.78 is 19.5. The SMILES string of the molecule is CCCCC(CC)C(OC(C)=O)C(OC(C(CC)CC)C(OC(C)=O)C(CC)CCCC)C(CC)CC. The van der Waals surface area contributed by atoms with E-state index >= 15 is 0 Å². The summed E-state index contributed by atoms with van der Waals surface area (Å²) in [6.45, 7) is 20.6. The highest BCUT2D eigenvalue weighted by atomic mass is 16.6. The van der Waals surface area contributed by atoms with Crippen LogP contribution in [0.3, 0.4) is 0 Å². The van der Waals surface area contributed by atoms with E-state index in [4.69, 9.17) is 14.2 Å². The highest BCUT2D eigenvalue weighted by Gasteiger charge is 2.43. The molecule has 0 saturated heterocycles. The van der Waals surface area contributed by atoms with Crippen molar-refractivity contribution in [3.8, 4) is 0 Å². The molecule has 0 amide bonds. The molecule has 0 N–H and O–H groups in total. The van der Waals surface area contributed by atoms with Gasteiger partial charge in [-0.3, -0.25) is 9.59 Å². The summed E-state index contributed by atoms with van der Waals surface area (Å²) in [4.78, 5) is 24.8. The molecule has 0 aromatic heterocycles. The van der Waals surface area contributed by atoms with Gasteiger partial charge in [-0.15, -0.1) is 0 Å². The van der Waals surface area contributed by atoms with Gasteiger partial charge in [-0.2, -0.15) is 0 Å². The van der Waals surface area contributed by atoms with Crippen molar-refractivity contribution in [1.82, 2.24) is 0 Å². The van der Waals surface area contributed by atoms with Crippen LogP contribution in [-0.2, 0) is 23.8 Å². The van der Waals surface area contributed by atoms with Crippen molar-refractivity contribution in [2.24, 2.45) is 23.7 Å². The van der Waals surface area contributed by atoms with Gasteiger partial charge in [0.1, 0.15) is 12.2 Å². The van der Waals surface area contributed by atoms with Crippen molar-refractivity contribution in [2.75, 3.05) is 0 Å². The first-order valence-electron chi connectivity index (χ1n) is 15.7. The van der Waals surface area contributed by atoms with Crippen molar-refractivity contribution >= 4 is 11.9 Å². The van der Waals surface area contributed by atoms with Gasteiger partial charge < -0.3 is 14.2 Å². The van der Waals surface area contributed by atoms with Gasteiger partial charge in [-0.05, 0) is 49.4 Å². The molecule has 0 fully saturated rings. The summed E-state index contributed by atoms with van der Waals surface area (Å²) in [5.74, 6) is 0.502. The fourth-order valence-electron chi connectivity index (χ4n) is 5.98. The van der Waals surface area contributed by atoms with E-state index in [9.17, 15) is 9.59 Å². The molecular weight excluding hydrogens is 464 g/mol. The van der Waals surface area contributed by atoms with Crippen LogP contribution in [0, 0.1) is 23.7 Å². The van der Waals surface area contributed by atoms with Crippen molar-refractivity contribution in [2.45, 2.75) is 171 Å². The molecule has 0 aliphatic carbocycles. The molecule has 220 valence electrons. The van der Waals surface area contributed by atoms with Crippen LogP contribution in [0.1, 0.15) is 146 Å². The fourth-order valence-corrected chi connectivity index (χ4v) is 5.98. The Balaban J connectivity index is 6.74. The monoisotopic (exact) mass is 526 g/mol. The van der Waals surface area contributed by atoms with E-state index in [1.54, 1.807) is 0 Å². The molecule has 0 spiro atoms.